The van der Waals surface area contributed by atoms with E-state index < -0.39 is 5.97 Å². The number of allylic oxidation sites excluding steroid dienone is 1. The number of nitrogens with one attached hydrogen (secondary N) is 1. The number of ether oxygens (including phenoxy) is 2. The lowest BCUT2D eigenvalue weighted by molar-refractivity contribution is -0.136. The van der Waals surface area contributed by atoms with Gasteiger partial charge in [-0.25, -0.2) is 4.79 Å². The molecular formula is C28H29ClN2O5. The van der Waals surface area contributed by atoms with E-state index in [0.29, 0.717) is 27.7 Å². The van der Waals surface area contributed by atoms with Crippen LogP contribution in [0.15, 0.2) is 65.4 Å². The largest absolute Gasteiger partial charge is 0.484 e. The average Bonchev–Trinajstić information content (AvgIpc) is 3.12. The van der Waals surface area contributed by atoms with Gasteiger partial charge < -0.3 is 14.8 Å². The third-order valence-electron chi connectivity index (χ3n) is 6.39. The van der Waals surface area contributed by atoms with Crippen molar-refractivity contribution in [2.24, 2.45) is 0 Å². The quantitative estimate of drug-likeness (QED) is 0.418. The van der Waals surface area contributed by atoms with Crippen LogP contribution in [0.3, 0.4) is 0 Å². The number of esters is 1. The summed E-state index contributed by atoms with van der Waals surface area (Å²) in [5.74, 6) is -0.543. The molecule has 0 unspecified atom stereocenters. The molecule has 8 heteroatoms. The van der Waals surface area contributed by atoms with Crippen molar-refractivity contribution in [3.05, 3.63) is 76.0 Å². The monoisotopic (exact) mass is 508 g/mol. The number of carbonyl (C=O) groups excluding carboxylic acids is 3. The van der Waals surface area contributed by atoms with Gasteiger partial charge in [-0.05, 0) is 61.7 Å². The van der Waals surface area contributed by atoms with E-state index in [2.05, 4.69) is 5.32 Å². The molecule has 36 heavy (non-hydrogen) atoms. The average molecular weight is 509 g/mol. The van der Waals surface area contributed by atoms with Crippen molar-refractivity contribution in [2.45, 2.75) is 45.1 Å². The predicted octanol–water partition coefficient (Wildman–Crippen LogP) is 5.04. The summed E-state index contributed by atoms with van der Waals surface area (Å²) in [6.45, 7) is 1.64. The molecule has 1 aliphatic carbocycles. The first-order valence-corrected chi connectivity index (χ1v) is 12.4. The molecule has 2 amide bonds. The number of carbonyl (C=O) groups is 3. The number of amides is 2. The van der Waals surface area contributed by atoms with Crippen molar-refractivity contribution in [3.8, 4) is 5.75 Å². The second kappa shape index (κ2) is 11.4. The first kappa shape index (κ1) is 25.5. The van der Waals surface area contributed by atoms with Gasteiger partial charge in [0.25, 0.3) is 11.8 Å². The Kier molecular flexibility index (Phi) is 8.10. The van der Waals surface area contributed by atoms with Crippen LogP contribution in [0.2, 0.25) is 5.02 Å². The van der Waals surface area contributed by atoms with Crippen LogP contribution in [-0.2, 0) is 19.1 Å². The lowest BCUT2D eigenvalue weighted by Gasteiger charge is -2.22. The van der Waals surface area contributed by atoms with Gasteiger partial charge in [0.05, 0.1) is 23.9 Å². The summed E-state index contributed by atoms with van der Waals surface area (Å²) in [7, 11) is 1.28. The molecule has 0 aromatic heterocycles. The van der Waals surface area contributed by atoms with E-state index in [9.17, 15) is 14.4 Å². The minimum absolute atomic E-state index is 0.0571. The van der Waals surface area contributed by atoms with E-state index >= 15 is 0 Å². The number of halogens is 1. The molecule has 1 heterocycles. The maximum atomic E-state index is 13.4. The van der Waals surface area contributed by atoms with E-state index in [0.717, 1.165) is 25.7 Å². The summed E-state index contributed by atoms with van der Waals surface area (Å²) in [5, 5.41) is 3.51. The van der Waals surface area contributed by atoms with Crippen LogP contribution in [-0.4, -0.2) is 37.5 Å². The highest BCUT2D eigenvalue weighted by atomic mass is 35.5. The fourth-order valence-corrected chi connectivity index (χ4v) is 4.78. The van der Waals surface area contributed by atoms with E-state index in [-0.39, 0.29) is 35.6 Å². The Morgan fingerprint density at radius 3 is 2.50 bits per heavy atom. The molecule has 2 aromatic rings. The van der Waals surface area contributed by atoms with Crippen molar-refractivity contribution in [2.75, 3.05) is 18.6 Å². The Hall–Kier alpha value is -3.58. The molecule has 2 aliphatic rings. The number of benzene rings is 2. The van der Waals surface area contributed by atoms with E-state index in [4.69, 9.17) is 21.1 Å². The molecule has 0 atom stereocenters. The third kappa shape index (κ3) is 5.79. The summed E-state index contributed by atoms with van der Waals surface area (Å²) in [5.41, 5.74) is 2.14. The molecular weight excluding hydrogens is 480 g/mol. The van der Waals surface area contributed by atoms with Gasteiger partial charge in [0, 0.05) is 16.8 Å². The minimum Gasteiger partial charge on any atom is -0.484 e. The van der Waals surface area contributed by atoms with Gasteiger partial charge in [-0.3, -0.25) is 14.5 Å². The molecule has 0 saturated heterocycles. The van der Waals surface area contributed by atoms with Crippen molar-refractivity contribution < 1.29 is 23.9 Å². The zero-order valence-electron chi connectivity index (χ0n) is 20.4. The van der Waals surface area contributed by atoms with Gasteiger partial charge in [0.2, 0.25) is 0 Å². The molecule has 1 aliphatic heterocycles. The second-order valence-corrected chi connectivity index (χ2v) is 9.33. The standard InChI is InChI=1S/C28H29ClN2O5/c1-18-26(28(34)35-2)24(27(33)31(18)22-10-6-7-20(29)16-22)15-19-11-13-23(14-12-19)36-17-25(32)30-21-8-4-3-5-9-21/h6-7,10-16,21H,3-5,8-9,17H2,1-2H3,(H,30,32)/b24-15-. The Morgan fingerprint density at radius 2 is 1.83 bits per heavy atom. The third-order valence-corrected chi connectivity index (χ3v) is 6.62. The Balaban J connectivity index is 1.49. The summed E-state index contributed by atoms with van der Waals surface area (Å²) in [6.07, 6.45) is 7.20. The predicted molar refractivity (Wildman–Crippen MR) is 139 cm³/mol. The summed E-state index contributed by atoms with van der Waals surface area (Å²) < 4.78 is 10.6. The second-order valence-electron chi connectivity index (χ2n) is 8.89. The lowest BCUT2D eigenvalue weighted by Crippen LogP contribution is -2.38. The Bertz CT molecular complexity index is 1210. The maximum Gasteiger partial charge on any atom is 0.340 e. The summed E-state index contributed by atoms with van der Waals surface area (Å²) >= 11 is 6.12. The first-order valence-electron chi connectivity index (χ1n) is 12.0. The number of anilines is 1. The van der Waals surface area contributed by atoms with Crippen LogP contribution in [0.5, 0.6) is 5.75 Å². The molecule has 1 N–H and O–H groups in total. The molecule has 0 spiro atoms. The fraction of sp³-hybridized carbons (Fsp3) is 0.321. The number of hydrogen-bond acceptors (Lipinski definition) is 5. The molecule has 1 fully saturated rings. The minimum atomic E-state index is -0.597. The van der Waals surface area contributed by atoms with Gasteiger partial charge in [0.15, 0.2) is 6.61 Å². The molecule has 0 bridgehead atoms. The van der Waals surface area contributed by atoms with Gasteiger partial charge in [-0.1, -0.05) is 49.1 Å². The smallest absolute Gasteiger partial charge is 0.340 e. The normalized spacial score (nSPS) is 17.5. The van der Waals surface area contributed by atoms with E-state index in [1.807, 2.05) is 0 Å². The molecule has 0 radical (unpaired) electrons. The SMILES string of the molecule is COC(=O)C1=C(C)N(c2cccc(Cl)c2)C(=O)/C1=C\c1ccc(OCC(=O)NC2CCCCC2)cc1. The number of rotatable bonds is 7. The van der Waals surface area contributed by atoms with Crippen LogP contribution in [0.25, 0.3) is 6.08 Å². The highest BCUT2D eigenvalue weighted by Gasteiger charge is 2.38. The van der Waals surface area contributed by atoms with Crippen LogP contribution in [0.4, 0.5) is 5.69 Å². The Morgan fingerprint density at radius 1 is 1.11 bits per heavy atom. The topological polar surface area (TPSA) is 84.9 Å². The van der Waals surface area contributed by atoms with E-state index in [1.165, 1.54) is 18.4 Å². The summed E-state index contributed by atoms with van der Waals surface area (Å²) in [6, 6.07) is 14.1. The van der Waals surface area contributed by atoms with Crippen LogP contribution in [0, 0.1) is 0 Å². The van der Waals surface area contributed by atoms with Gasteiger partial charge >= 0.3 is 5.97 Å². The molecule has 188 valence electrons. The fourth-order valence-electron chi connectivity index (χ4n) is 4.60. The van der Waals surface area contributed by atoms with E-state index in [1.54, 1.807) is 61.5 Å². The highest BCUT2D eigenvalue weighted by molar-refractivity contribution is 6.31. The van der Waals surface area contributed by atoms with Crippen molar-refractivity contribution in [3.63, 3.8) is 0 Å². The number of hydrogen-bond donors (Lipinski definition) is 1. The zero-order chi connectivity index (χ0) is 25.7. The lowest BCUT2D eigenvalue weighted by atomic mass is 9.95. The molecule has 7 nitrogen and oxygen atoms in total. The van der Waals surface area contributed by atoms with Gasteiger partial charge in [0.1, 0.15) is 5.75 Å². The van der Waals surface area contributed by atoms with Crippen LogP contribution >= 0.6 is 11.6 Å². The number of methoxy groups -OCH3 is 1. The van der Waals surface area contributed by atoms with Crippen molar-refractivity contribution in [1.29, 1.82) is 0 Å². The molecule has 4 rings (SSSR count). The first-order chi connectivity index (χ1) is 17.4. The number of nitrogens with zero attached hydrogens (tertiary/aromatic N) is 1. The highest BCUT2D eigenvalue weighted by Crippen LogP contribution is 2.36. The zero-order valence-corrected chi connectivity index (χ0v) is 21.1. The molecule has 2 aromatic carbocycles. The summed E-state index contributed by atoms with van der Waals surface area (Å²) in [4.78, 5) is 39.6. The van der Waals surface area contributed by atoms with Crippen LogP contribution in [0.1, 0.15) is 44.6 Å². The van der Waals surface area contributed by atoms with Crippen molar-refractivity contribution in [1.82, 2.24) is 5.32 Å². The van der Waals surface area contributed by atoms with Gasteiger partial charge in [-0.2, -0.15) is 0 Å². The van der Waals surface area contributed by atoms with Gasteiger partial charge in [-0.15, -0.1) is 0 Å². The van der Waals surface area contributed by atoms with Crippen molar-refractivity contribution >= 4 is 41.1 Å². The molecule has 1 saturated carbocycles. The maximum absolute atomic E-state index is 13.4. The Labute approximate surface area is 215 Å². The van der Waals surface area contributed by atoms with Crippen LogP contribution < -0.4 is 15.0 Å².